The molecule has 0 aliphatic carbocycles. The summed E-state index contributed by atoms with van der Waals surface area (Å²) in [5.74, 6) is 1.20. The average Bonchev–Trinajstić information content (AvgIpc) is 2.79. The van der Waals surface area contributed by atoms with Crippen molar-refractivity contribution < 1.29 is 4.52 Å². The van der Waals surface area contributed by atoms with E-state index in [1.807, 2.05) is 44.2 Å². The van der Waals surface area contributed by atoms with Crippen LogP contribution in [0.5, 0.6) is 0 Å². The van der Waals surface area contributed by atoms with Gasteiger partial charge in [-0.25, -0.2) is 0 Å². The summed E-state index contributed by atoms with van der Waals surface area (Å²) in [5.41, 5.74) is 6.82. The van der Waals surface area contributed by atoms with Crippen LogP contribution in [0.3, 0.4) is 0 Å². The van der Waals surface area contributed by atoms with Crippen molar-refractivity contribution in [2.24, 2.45) is 5.73 Å². The monoisotopic (exact) mass is 231 g/mol. The van der Waals surface area contributed by atoms with Crippen LogP contribution in [0.1, 0.15) is 31.1 Å². The minimum atomic E-state index is -0.599. The van der Waals surface area contributed by atoms with Crippen molar-refractivity contribution >= 4 is 0 Å². The van der Waals surface area contributed by atoms with Crippen molar-refractivity contribution in [3.05, 3.63) is 47.6 Å². The smallest absolute Gasteiger partial charge is 0.226 e. The summed E-state index contributed by atoms with van der Waals surface area (Å²) in [6.45, 7) is 3.90. The van der Waals surface area contributed by atoms with E-state index in [9.17, 15) is 0 Å². The van der Waals surface area contributed by atoms with Crippen LogP contribution in [0.2, 0.25) is 0 Å². The topological polar surface area (TPSA) is 64.9 Å². The summed E-state index contributed by atoms with van der Waals surface area (Å²) in [7, 11) is 0. The summed E-state index contributed by atoms with van der Waals surface area (Å²) < 4.78 is 5.10. The lowest BCUT2D eigenvalue weighted by Crippen LogP contribution is -2.36. The first kappa shape index (κ1) is 11.8. The first-order valence-corrected chi connectivity index (χ1v) is 5.77. The first-order valence-electron chi connectivity index (χ1n) is 5.77. The lowest BCUT2D eigenvalue weighted by molar-refractivity contribution is 0.356. The number of hydrogen-bond donors (Lipinski definition) is 1. The minimum Gasteiger partial charge on any atom is -0.339 e. The number of nitrogens with zero attached hydrogens (tertiary/aromatic N) is 2. The second kappa shape index (κ2) is 4.67. The Kier molecular flexibility index (Phi) is 3.24. The molecule has 2 N–H and O–H groups in total. The van der Waals surface area contributed by atoms with Gasteiger partial charge < -0.3 is 10.3 Å². The van der Waals surface area contributed by atoms with Crippen molar-refractivity contribution in [3.63, 3.8) is 0 Å². The maximum atomic E-state index is 6.25. The Morgan fingerprint density at radius 2 is 2.00 bits per heavy atom. The molecule has 0 saturated carbocycles. The van der Waals surface area contributed by atoms with E-state index in [1.54, 1.807) is 0 Å². The van der Waals surface area contributed by atoms with E-state index in [1.165, 1.54) is 5.56 Å². The summed E-state index contributed by atoms with van der Waals surface area (Å²) in [6.07, 6.45) is 1.42. The molecule has 2 aromatic rings. The Morgan fingerprint density at radius 1 is 1.29 bits per heavy atom. The number of aromatic nitrogens is 2. The van der Waals surface area contributed by atoms with Gasteiger partial charge in [0.05, 0.1) is 5.54 Å². The van der Waals surface area contributed by atoms with Gasteiger partial charge >= 0.3 is 0 Å². The van der Waals surface area contributed by atoms with Crippen molar-refractivity contribution in [3.8, 4) is 0 Å². The highest BCUT2D eigenvalue weighted by Gasteiger charge is 2.27. The van der Waals surface area contributed by atoms with E-state index >= 15 is 0 Å². The van der Waals surface area contributed by atoms with Crippen LogP contribution < -0.4 is 5.73 Å². The molecule has 1 aromatic carbocycles. The van der Waals surface area contributed by atoms with E-state index in [2.05, 4.69) is 10.1 Å². The van der Waals surface area contributed by atoms with Crippen molar-refractivity contribution in [2.75, 3.05) is 0 Å². The van der Waals surface area contributed by atoms with Crippen LogP contribution >= 0.6 is 0 Å². The summed E-state index contributed by atoms with van der Waals surface area (Å²) in [4.78, 5) is 4.29. The third-order valence-electron chi connectivity index (χ3n) is 2.70. The zero-order valence-electron chi connectivity index (χ0n) is 10.2. The second-order valence-electron chi connectivity index (χ2n) is 4.45. The number of aryl methyl sites for hydroxylation is 1. The number of nitrogens with two attached hydrogens (primary N) is 1. The molecule has 90 valence electrons. The lowest BCUT2D eigenvalue weighted by atomic mass is 9.93. The molecule has 0 spiro atoms. The van der Waals surface area contributed by atoms with E-state index in [0.29, 0.717) is 18.1 Å². The molecule has 1 aromatic heterocycles. The first-order chi connectivity index (χ1) is 8.12. The van der Waals surface area contributed by atoms with Gasteiger partial charge in [-0.05, 0) is 18.9 Å². The largest absolute Gasteiger partial charge is 0.339 e. The molecule has 17 heavy (non-hydrogen) atoms. The number of rotatable bonds is 4. The molecule has 2 rings (SSSR count). The Morgan fingerprint density at radius 3 is 2.59 bits per heavy atom. The SMILES string of the molecule is CCc1nc(C(C)(N)Cc2ccccc2)no1. The quantitative estimate of drug-likeness (QED) is 0.874. The number of benzene rings is 1. The third-order valence-corrected chi connectivity index (χ3v) is 2.70. The molecule has 1 atom stereocenters. The summed E-state index contributed by atoms with van der Waals surface area (Å²) >= 11 is 0. The fourth-order valence-corrected chi connectivity index (χ4v) is 1.73. The third kappa shape index (κ3) is 2.71. The van der Waals surface area contributed by atoms with Gasteiger partial charge in [0.2, 0.25) is 5.89 Å². The van der Waals surface area contributed by atoms with Gasteiger partial charge in [0.25, 0.3) is 0 Å². The van der Waals surface area contributed by atoms with Crippen LogP contribution in [-0.2, 0) is 18.4 Å². The maximum absolute atomic E-state index is 6.25. The van der Waals surface area contributed by atoms with Gasteiger partial charge in [0.1, 0.15) is 0 Å². The molecule has 1 heterocycles. The molecule has 0 fully saturated rings. The molecule has 4 nitrogen and oxygen atoms in total. The van der Waals surface area contributed by atoms with Crippen LogP contribution in [-0.4, -0.2) is 10.1 Å². The molecular weight excluding hydrogens is 214 g/mol. The van der Waals surface area contributed by atoms with Crippen molar-refractivity contribution in [1.29, 1.82) is 0 Å². The highest BCUT2D eigenvalue weighted by Crippen LogP contribution is 2.20. The highest BCUT2D eigenvalue weighted by molar-refractivity contribution is 5.19. The molecule has 0 radical (unpaired) electrons. The van der Waals surface area contributed by atoms with Gasteiger partial charge in [-0.3, -0.25) is 0 Å². The molecular formula is C13H17N3O. The van der Waals surface area contributed by atoms with Gasteiger partial charge in [-0.1, -0.05) is 42.4 Å². The Bertz CT molecular complexity index is 476. The van der Waals surface area contributed by atoms with Gasteiger partial charge in [0, 0.05) is 6.42 Å². The maximum Gasteiger partial charge on any atom is 0.226 e. The Hall–Kier alpha value is -1.68. The average molecular weight is 231 g/mol. The van der Waals surface area contributed by atoms with E-state index in [0.717, 1.165) is 6.42 Å². The fourth-order valence-electron chi connectivity index (χ4n) is 1.73. The minimum absolute atomic E-state index is 0.568. The van der Waals surface area contributed by atoms with Gasteiger partial charge in [-0.2, -0.15) is 4.98 Å². The molecule has 0 aliphatic heterocycles. The zero-order valence-corrected chi connectivity index (χ0v) is 10.2. The van der Waals surface area contributed by atoms with Crippen LogP contribution in [0.15, 0.2) is 34.9 Å². The molecule has 0 saturated heterocycles. The lowest BCUT2D eigenvalue weighted by Gasteiger charge is -2.20. The summed E-state index contributed by atoms with van der Waals surface area (Å²) in [5, 5.41) is 3.94. The van der Waals surface area contributed by atoms with Crippen LogP contribution in [0.25, 0.3) is 0 Å². The molecule has 0 bridgehead atoms. The Labute approximate surface area is 101 Å². The van der Waals surface area contributed by atoms with E-state index in [-0.39, 0.29) is 0 Å². The second-order valence-corrected chi connectivity index (χ2v) is 4.45. The van der Waals surface area contributed by atoms with Crippen molar-refractivity contribution in [1.82, 2.24) is 10.1 Å². The summed E-state index contributed by atoms with van der Waals surface area (Å²) in [6, 6.07) is 10.1. The molecule has 0 amide bonds. The fraction of sp³-hybridized carbons (Fsp3) is 0.385. The standard InChI is InChI=1S/C13H17N3O/c1-3-11-15-12(16-17-11)13(2,14)9-10-7-5-4-6-8-10/h4-8H,3,9,14H2,1-2H3. The normalized spacial score (nSPS) is 14.5. The number of hydrogen-bond acceptors (Lipinski definition) is 4. The van der Waals surface area contributed by atoms with Crippen LogP contribution in [0, 0.1) is 0 Å². The predicted molar refractivity (Wildman–Crippen MR) is 65.4 cm³/mol. The Balaban J connectivity index is 2.18. The molecule has 0 aliphatic rings. The van der Waals surface area contributed by atoms with Crippen LogP contribution in [0.4, 0.5) is 0 Å². The molecule has 1 unspecified atom stereocenters. The zero-order chi connectivity index (χ0) is 12.3. The highest BCUT2D eigenvalue weighted by atomic mass is 16.5. The molecule has 4 heteroatoms. The predicted octanol–water partition coefficient (Wildman–Crippen LogP) is 2.05. The van der Waals surface area contributed by atoms with E-state index in [4.69, 9.17) is 10.3 Å². The van der Waals surface area contributed by atoms with Gasteiger partial charge in [0.15, 0.2) is 5.82 Å². The van der Waals surface area contributed by atoms with E-state index < -0.39 is 5.54 Å². The van der Waals surface area contributed by atoms with Crippen molar-refractivity contribution in [2.45, 2.75) is 32.2 Å². The van der Waals surface area contributed by atoms with Gasteiger partial charge in [-0.15, -0.1) is 0 Å².